The van der Waals surface area contributed by atoms with Gasteiger partial charge in [0.2, 0.25) is 0 Å². The Balaban J connectivity index is 1.87. The highest BCUT2D eigenvalue weighted by molar-refractivity contribution is 6.40. The predicted molar refractivity (Wildman–Crippen MR) is 93.5 cm³/mol. The molecule has 124 valence electrons. The van der Waals surface area contributed by atoms with Crippen LogP contribution in [0.3, 0.4) is 0 Å². The number of nitrogens with one attached hydrogen (secondary N) is 1. The summed E-state index contributed by atoms with van der Waals surface area (Å²) in [6, 6.07) is 3.62. The predicted octanol–water partition coefficient (Wildman–Crippen LogP) is 4.81. The molecule has 1 aromatic carbocycles. The number of nitrogens with zero attached hydrogens (tertiary/aromatic N) is 1. The van der Waals surface area contributed by atoms with E-state index in [-0.39, 0.29) is 6.09 Å². The zero-order chi connectivity index (χ0) is 16.8. The third kappa shape index (κ3) is 3.29. The third-order valence-electron chi connectivity index (χ3n) is 3.96. The fourth-order valence-corrected chi connectivity index (χ4v) is 3.43. The number of hydrogen-bond donors (Lipinski definition) is 1. The summed E-state index contributed by atoms with van der Waals surface area (Å²) in [6.07, 6.45) is 1.20. The standard InChI is InChI=1S/C17H20Cl2N2O2/c1-17(2,3)23-16(22)21-8-6-10-13(7-9-21)20-15-12(19)5-4-11(18)14(10)15/h4-5,20H,6-9H2,1-3H3. The first kappa shape index (κ1) is 16.5. The molecule has 0 unspecified atom stereocenters. The highest BCUT2D eigenvalue weighted by atomic mass is 35.5. The van der Waals surface area contributed by atoms with Gasteiger partial charge in [0.25, 0.3) is 0 Å². The van der Waals surface area contributed by atoms with E-state index >= 15 is 0 Å². The van der Waals surface area contributed by atoms with E-state index in [2.05, 4.69) is 4.98 Å². The largest absolute Gasteiger partial charge is 0.444 e. The van der Waals surface area contributed by atoms with Crippen LogP contribution in [0.2, 0.25) is 10.0 Å². The zero-order valence-corrected chi connectivity index (χ0v) is 15.0. The maximum absolute atomic E-state index is 12.3. The molecule has 23 heavy (non-hydrogen) atoms. The number of aromatic nitrogens is 1. The average Bonchev–Trinajstić information content (AvgIpc) is 2.69. The van der Waals surface area contributed by atoms with Crippen LogP contribution in [0, 0.1) is 0 Å². The van der Waals surface area contributed by atoms with E-state index < -0.39 is 5.60 Å². The van der Waals surface area contributed by atoms with Crippen molar-refractivity contribution in [3.63, 3.8) is 0 Å². The number of amides is 1. The molecule has 2 aromatic rings. The van der Waals surface area contributed by atoms with Crippen LogP contribution >= 0.6 is 23.2 Å². The molecule has 1 N–H and O–H groups in total. The highest BCUT2D eigenvalue weighted by Crippen LogP contribution is 2.35. The van der Waals surface area contributed by atoms with Crippen molar-refractivity contribution < 1.29 is 9.53 Å². The number of aromatic amines is 1. The molecule has 0 fully saturated rings. The molecule has 0 saturated carbocycles. The van der Waals surface area contributed by atoms with Gasteiger partial charge in [-0.1, -0.05) is 23.2 Å². The molecule has 1 aliphatic heterocycles. The zero-order valence-electron chi connectivity index (χ0n) is 13.5. The molecule has 3 rings (SSSR count). The van der Waals surface area contributed by atoms with Gasteiger partial charge in [0, 0.05) is 30.6 Å². The number of carbonyl (C=O) groups excluding carboxylic acids is 1. The van der Waals surface area contributed by atoms with Crippen molar-refractivity contribution in [2.75, 3.05) is 13.1 Å². The lowest BCUT2D eigenvalue weighted by atomic mass is 10.1. The fraction of sp³-hybridized carbons (Fsp3) is 0.471. The minimum Gasteiger partial charge on any atom is -0.444 e. The lowest BCUT2D eigenvalue weighted by Gasteiger charge is -2.26. The van der Waals surface area contributed by atoms with Crippen LogP contribution in [-0.2, 0) is 17.6 Å². The molecular formula is C17H20Cl2N2O2. The minimum atomic E-state index is -0.485. The fourth-order valence-electron chi connectivity index (χ4n) is 2.95. The van der Waals surface area contributed by atoms with Crippen molar-refractivity contribution in [3.8, 4) is 0 Å². The van der Waals surface area contributed by atoms with Gasteiger partial charge in [0.05, 0.1) is 15.6 Å². The smallest absolute Gasteiger partial charge is 0.410 e. The van der Waals surface area contributed by atoms with E-state index in [1.54, 1.807) is 11.0 Å². The van der Waals surface area contributed by atoms with Crippen molar-refractivity contribution in [1.82, 2.24) is 9.88 Å². The molecule has 4 nitrogen and oxygen atoms in total. The summed E-state index contributed by atoms with van der Waals surface area (Å²) in [4.78, 5) is 17.4. The van der Waals surface area contributed by atoms with Gasteiger partial charge in [-0.25, -0.2) is 4.79 Å². The summed E-state index contributed by atoms with van der Waals surface area (Å²) in [6.45, 7) is 6.85. The normalized spacial score (nSPS) is 15.4. The van der Waals surface area contributed by atoms with E-state index in [0.29, 0.717) is 23.1 Å². The molecule has 0 atom stereocenters. The van der Waals surface area contributed by atoms with Crippen LogP contribution < -0.4 is 0 Å². The second-order valence-electron chi connectivity index (χ2n) is 6.83. The number of rotatable bonds is 0. The Morgan fingerprint density at radius 1 is 1.17 bits per heavy atom. The highest BCUT2D eigenvalue weighted by Gasteiger charge is 2.26. The molecule has 0 saturated heterocycles. The number of fused-ring (bicyclic) bond motifs is 3. The average molecular weight is 355 g/mol. The Labute approximate surface area is 145 Å². The number of benzene rings is 1. The first-order valence-corrected chi connectivity index (χ1v) is 8.47. The summed E-state index contributed by atoms with van der Waals surface area (Å²) in [5.41, 5.74) is 2.65. The number of H-pyrrole nitrogens is 1. The molecule has 0 radical (unpaired) electrons. The van der Waals surface area contributed by atoms with E-state index in [1.165, 1.54) is 0 Å². The Morgan fingerprint density at radius 3 is 2.52 bits per heavy atom. The van der Waals surface area contributed by atoms with Crippen LogP contribution in [0.25, 0.3) is 10.9 Å². The van der Waals surface area contributed by atoms with Gasteiger partial charge in [-0.05, 0) is 44.9 Å². The second-order valence-corrected chi connectivity index (χ2v) is 7.64. The van der Waals surface area contributed by atoms with Gasteiger partial charge in [-0.2, -0.15) is 0 Å². The van der Waals surface area contributed by atoms with Gasteiger partial charge >= 0.3 is 6.09 Å². The number of carbonyl (C=O) groups is 1. The SMILES string of the molecule is CC(C)(C)OC(=O)N1CCc2[nH]c3c(Cl)ccc(Cl)c3c2CC1. The first-order valence-electron chi connectivity index (χ1n) is 7.71. The number of hydrogen-bond acceptors (Lipinski definition) is 2. The van der Waals surface area contributed by atoms with Crippen molar-refractivity contribution in [1.29, 1.82) is 0 Å². The van der Waals surface area contributed by atoms with Crippen molar-refractivity contribution in [3.05, 3.63) is 33.4 Å². The molecule has 0 spiro atoms. The first-order chi connectivity index (χ1) is 10.8. The summed E-state index contributed by atoms with van der Waals surface area (Å²) in [5.74, 6) is 0. The monoisotopic (exact) mass is 354 g/mol. The second kappa shape index (κ2) is 5.91. The Bertz CT molecular complexity index is 762. The quantitative estimate of drug-likeness (QED) is 0.737. The van der Waals surface area contributed by atoms with Crippen LogP contribution in [0.1, 0.15) is 32.0 Å². The van der Waals surface area contributed by atoms with Gasteiger partial charge < -0.3 is 14.6 Å². The topological polar surface area (TPSA) is 45.3 Å². The maximum Gasteiger partial charge on any atom is 0.410 e. The lowest BCUT2D eigenvalue weighted by Crippen LogP contribution is -2.38. The van der Waals surface area contributed by atoms with Crippen LogP contribution in [0.4, 0.5) is 4.79 Å². The summed E-state index contributed by atoms with van der Waals surface area (Å²) < 4.78 is 5.47. The van der Waals surface area contributed by atoms with Gasteiger partial charge in [0.15, 0.2) is 0 Å². The van der Waals surface area contributed by atoms with Crippen LogP contribution in [-0.4, -0.2) is 34.7 Å². The van der Waals surface area contributed by atoms with E-state index in [9.17, 15) is 4.79 Å². The van der Waals surface area contributed by atoms with Gasteiger partial charge in [0.1, 0.15) is 5.60 Å². The van der Waals surface area contributed by atoms with Crippen molar-refractivity contribution >= 4 is 40.2 Å². The Hall–Kier alpha value is -1.39. The molecular weight excluding hydrogens is 335 g/mol. The number of halogens is 2. The summed E-state index contributed by atoms with van der Waals surface area (Å²) >= 11 is 12.6. The molecule has 2 heterocycles. The molecule has 6 heteroatoms. The van der Waals surface area contributed by atoms with Crippen LogP contribution in [0.5, 0.6) is 0 Å². The van der Waals surface area contributed by atoms with Gasteiger partial charge in [-0.3, -0.25) is 0 Å². The van der Waals surface area contributed by atoms with Crippen molar-refractivity contribution in [2.45, 2.75) is 39.2 Å². The molecule has 1 aliphatic rings. The lowest BCUT2D eigenvalue weighted by molar-refractivity contribution is 0.0258. The van der Waals surface area contributed by atoms with Gasteiger partial charge in [-0.15, -0.1) is 0 Å². The number of ether oxygens (including phenoxy) is 1. The van der Waals surface area contributed by atoms with Crippen molar-refractivity contribution in [2.24, 2.45) is 0 Å². The molecule has 0 bridgehead atoms. The van der Waals surface area contributed by atoms with Crippen LogP contribution in [0.15, 0.2) is 12.1 Å². The Kier molecular flexibility index (Phi) is 4.23. The summed E-state index contributed by atoms with van der Waals surface area (Å²) in [5, 5.41) is 2.33. The maximum atomic E-state index is 12.3. The third-order valence-corrected chi connectivity index (χ3v) is 4.59. The Morgan fingerprint density at radius 2 is 1.83 bits per heavy atom. The van der Waals surface area contributed by atoms with E-state index in [0.717, 1.165) is 35.0 Å². The molecule has 1 amide bonds. The molecule has 0 aliphatic carbocycles. The van der Waals surface area contributed by atoms with E-state index in [1.807, 2.05) is 26.8 Å². The molecule has 1 aromatic heterocycles. The summed E-state index contributed by atoms with van der Waals surface area (Å²) in [7, 11) is 0. The minimum absolute atomic E-state index is 0.268. The van der Waals surface area contributed by atoms with E-state index in [4.69, 9.17) is 27.9 Å².